The SMILES string of the molecule is CCOC(=O)C(CC)NP(=O)(N[C@@H](CC)C(=O)OCC)OCC(OC)C(O)C1(O)C(C)C1/C=N\c1c(N)nc(N)nc1OC. The Morgan fingerprint density at radius 1 is 1.07 bits per heavy atom. The van der Waals surface area contributed by atoms with E-state index in [9.17, 15) is 24.4 Å². The quantitative estimate of drug-likeness (QED) is 0.0687. The van der Waals surface area contributed by atoms with Crippen LogP contribution in [0.1, 0.15) is 47.5 Å². The van der Waals surface area contributed by atoms with Crippen LogP contribution in [0.25, 0.3) is 0 Å². The van der Waals surface area contributed by atoms with Crippen LogP contribution in [0.3, 0.4) is 0 Å². The number of carbonyl (C=O) groups is 2. The molecule has 8 atom stereocenters. The van der Waals surface area contributed by atoms with E-state index in [1.54, 1.807) is 34.6 Å². The Balaban J connectivity index is 2.27. The first kappa shape index (κ1) is 37.3. The van der Waals surface area contributed by atoms with Crippen molar-refractivity contribution in [1.29, 1.82) is 0 Å². The van der Waals surface area contributed by atoms with Crippen molar-refractivity contribution in [2.75, 3.05) is 45.5 Å². The number of nitrogen functional groups attached to an aromatic ring is 2. The molecule has 0 radical (unpaired) electrons. The van der Waals surface area contributed by atoms with Crippen LogP contribution in [-0.4, -0.2) is 102 Å². The molecule has 7 unspecified atom stereocenters. The molecule has 2 rings (SSSR count). The number of nitrogens with zero attached hydrogens (tertiary/aromatic N) is 3. The zero-order valence-corrected chi connectivity index (χ0v) is 27.1. The number of hydrogen-bond donors (Lipinski definition) is 6. The van der Waals surface area contributed by atoms with Crippen LogP contribution in [0.4, 0.5) is 17.5 Å². The average molecular weight is 648 g/mol. The molecule has 1 saturated carbocycles. The molecule has 1 fully saturated rings. The van der Waals surface area contributed by atoms with Gasteiger partial charge in [-0.25, -0.2) is 10.2 Å². The van der Waals surface area contributed by atoms with Crippen molar-refractivity contribution < 1.29 is 47.8 Å². The van der Waals surface area contributed by atoms with Crippen LogP contribution < -0.4 is 26.4 Å². The molecule has 0 aromatic carbocycles. The maximum atomic E-state index is 14.1. The second-order valence-electron chi connectivity index (χ2n) is 10.1. The highest BCUT2D eigenvalue weighted by Crippen LogP contribution is 2.53. The first-order valence-corrected chi connectivity index (χ1v) is 16.0. The fourth-order valence-corrected chi connectivity index (χ4v) is 6.57. The highest BCUT2D eigenvalue weighted by atomic mass is 31.2. The van der Waals surface area contributed by atoms with Crippen molar-refractivity contribution in [2.24, 2.45) is 16.8 Å². The summed E-state index contributed by atoms with van der Waals surface area (Å²) in [7, 11) is -1.58. The highest BCUT2D eigenvalue weighted by Gasteiger charge is 2.66. The molecule has 0 saturated heterocycles. The minimum Gasteiger partial charge on any atom is -0.479 e. The van der Waals surface area contributed by atoms with Gasteiger partial charge in [-0.2, -0.15) is 9.97 Å². The summed E-state index contributed by atoms with van der Waals surface area (Å²) in [6.45, 7) is 7.99. The summed E-state index contributed by atoms with van der Waals surface area (Å²) < 4.78 is 40.5. The number of nitrogens with two attached hydrogens (primary N) is 2. The molecule has 18 heteroatoms. The van der Waals surface area contributed by atoms with Crippen molar-refractivity contribution in [2.45, 2.75) is 77.4 Å². The van der Waals surface area contributed by atoms with Crippen molar-refractivity contribution in [3.05, 3.63) is 0 Å². The summed E-state index contributed by atoms with van der Waals surface area (Å²) in [6, 6.07) is -2.09. The Morgan fingerprint density at radius 3 is 2.07 bits per heavy atom. The molecule has 0 aliphatic heterocycles. The van der Waals surface area contributed by atoms with Gasteiger partial charge in [0.1, 0.15) is 29.9 Å². The third-order valence-electron chi connectivity index (χ3n) is 7.31. The van der Waals surface area contributed by atoms with Crippen molar-refractivity contribution in [3.8, 4) is 5.88 Å². The van der Waals surface area contributed by atoms with Gasteiger partial charge in [0.2, 0.25) is 11.8 Å². The lowest BCUT2D eigenvalue weighted by atomic mass is 10.0. The van der Waals surface area contributed by atoms with Gasteiger partial charge in [0.25, 0.3) is 0 Å². The molecule has 17 nitrogen and oxygen atoms in total. The van der Waals surface area contributed by atoms with Crippen LogP contribution in [0, 0.1) is 11.8 Å². The molecule has 1 aliphatic carbocycles. The van der Waals surface area contributed by atoms with Crippen molar-refractivity contribution in [1.82, 2.24) is 20.1 Å². The van der Waals surface area contributed by atoms with E-state index in [2.05, 4.69) is 25.1 Å². The van der Waals surface area contributed by atoms with E-state index in [0.29, 0.717) is 0 Å². The second-order valence-corrected chi connectivity index (χ2v) is 11.9. The maximum absolute atomic E-state index is 14.1. The predicted octanol–water partition coefficient (Wildman–Crippen LogP) is 0.712. The third kappa shape index (κ3) is 8.84. The molecule has 1 aromatic heterocycles. The van der Waals surface area contributed by atoms with Crippen LogP contribution in [-0.2, 0) is 32.9 Å². The number of aromatic nitrogens is 2. The second kappa shape index (κ2) is 16.4. The summed E-state index contributed by atoms with van der Waals surface area (Å²) >= 11 is 0. The third-order valence-corrected chi connectivity index (χ3v) is 9.12. The molecule has 0 amide bonds. The van der Waals surface area contributed by atoms with E-state index >= 15 is 0 Å². The highest BCUT2D eigenvalue weighted by molar-refractivity contribution is 7.54. The zero-order valence-electron chi connectivity index (χ0n) is 26.2. The number of aliphatic hydroxyl groups excluding tert-OH is 1. The Hall–Kier alpha value is -2.92. The van der Waals surface area contributed by atoms with Crippen LogP contribution in [0.15, 0.2) is 4.99 Å². The van der Waals surface area contributed by atoms with Gasteiger partial charge >= 0.3 is 19.6 Å². The van der Waals surface area contributed by atoms with E-state index in [4.69, 9.17) is 34.9 Å². The Labute approximate surface area is 257 Å². The standard InChI is InChI=1S/C26H46N7O10P/c1-8-16(23(35)41-10-3)32-44(38,33-17(9-2)24(36)42-11-4)43-13-18(39-6)20(34)26(37)14(5)15(26)12-29-19-21(27)30-25(28)31-22(19)40-7/h12,14-18,20,34,37H,8-11,13H2,1-7H3,(H2,32,33,38)(H4,27,28,30,31)/b29-12-/t14?,15?,16-,17?,18?,20?,26?,44?/m0/s1. The molecular formula is C26H46N7O10P. The lowest BCUT2D eigenvalue weighted by Gasteiger charge is -2.31. The predicted molar refractivity (Wildman–Crippen MR) is 161 cm³/mol. The van der Waals surface area contributed by atoms with Crippen molar-refractivity contribution in [3.63, 3.8) is 0 Å². The zero-order chi connectivity index (χ0) is 33.2. The molecule has 8 N–H and O–H groups in total. The van der Waals surface area contributed by atoms with Gasteiger partial charge in [-0.1, -0.05) is 20.8 Å². The van der Waals surface area contributed by atoms with Gasteiger partial charge in [-0.3, -0.25) is 19.1 Å². The monoisotopic (exact) mass is 647 g/mol. The van der Waals surface area contributed by atoms with Gasteiger partial charge in [-0.05, 0) is 32.6 Å². The number of anilines is 2. The van der Waals surface area contributed by atoms with E-state index in [-0.39, 0.29) is 49.4 Å². The number of hydrogen-bond acceptors (Lipinski definition) is 15. The fourth-order valence-electron chi connectivity index (χ4n) is 4.60. The molecule has 0 bridgehead atoms. The molecule has 44 heavy (non-hydrogen) atoms. The molecule has 250 valence electrons. The Morgan fingerprint density at radius 2 is 1.61 bits per heavy atom. The van der Waals surface area contributed by atoms with Crippen molar-refractivity contribution >= 4 is 43.3 Å². The number of ether oxygens (including phenoxy) is 4. The molecule has 1 aromatic rings. The smallest absolute Gasteiger partial charge is 0.342 e. The van der Waals surface area contributed by atoms with Gasteiger partial charge in [-0.15, -0.1) is 0 Å². The van der Waals surface area contributed by atoms with Crippen LogP contribution in [0.5, 0.6) is 5.88 Å². The topological polar surface area (TPSA) is 252 Å². The number of esters is 2. The Kier molecular flexibility index (Phi) is 13.9. The normalized spacial score (nSPS) is 23.8. The summed E-state index contributed by atoms with van der Waals surface area (Å²) in [5, 5.41) is 27.9. The van der Waals surface area contributed by atoms with E-state index < -0.39 is 67.9 Å². The van der Waals surface area contributed by atoms with Gasteiger partial charge in [0, 0.05) is 19.2 Å². The largest absolute Gasteiger partial charge is 0.479 e. The first-order chi connectivity index (χ1) is 20.8. The molecule has 1 aliphatic rings. The minimum absolute atomic E-state index is 0.0314. The van der Waals surface area contributed by atoms with Crippen LogP contribution in [0.2, 0.25) is 0 Å². The lowest BCUT2D eigenvalue weighted by Crippen LogP contribution is -2.47. The van der Waals surface area contributed by atoms with E-state index in [0.717, 1.165) is 0 Å². The molecule has 0 spiro atoms. The fraction of sp³-hybridized carbons (Fsp3) is 0.731. The average Bonchev–Trinajstić information content (AvgIpc) is 3.53. The maximum Gasteiger partial charge on any atom is 0.342 e. The summed E-state index contributed by atoms with van der Waals surface area (Å²) in [5.41, 5.74) is 9.89. The number of methoxy groups -OCH3 is 2. The number of nitrogens with one attached hydrogen (secondary N) is 2. The van der Waals surface area contributed by atoms with Gasteiger partial charge < -0.3 is 45.2 Å². The summed E-state index contributed by atoms with van der Waals surface area (Å²) in [4.78, 5) is 37.0. The number of aliphatic hydroxyl groups is 2. The summed E-state index contributed by atoms with van der Waals surface area (Å²) in [5.74, 6) is -2.60. The number of aliphatic imine (C=N–C) groups is 1. The van der Waals surface area contributed by atoms with Crippen LogP contribution >= 0.6 is 7.67 Å². The lowest BCUT2D eigenvalue weighted by molar-refractivity contribution is -0.145. The number of carbonyl (C=O) groups excluding carboxylic acids is 2. The molecular weight excluding hydrogens is 601 g/mol. The van der Waals surface area contributed by atoms with E-state index in [1.165, 1.54) is 20.4 Å². The minimum atomic E-state index is -4.21. The van der Waals surface area contributed by atoms with Gasteiger partial charge in [0.15, 0.2) is 11.5 Å². The number of rotatable bonds is 19. The van der Waals surface area contributed by atoms with Gasteiger partial charge in [0.05, 0.1) is 26.9 Å². The first-order valence-electron chi connectivity index (χ1n) is 14.3. The molecule has 1 heterocycles. The van der Waals surface area contributed by atoms with E-state index in [1.807, 2.05) is 0 Å². The summed E-state index contributed by atoms with van der Waals surface area (Å²) in [6.07, 6.45) is -0.990. The Bertz CT molecular complexity index is 1180.